The molecular formula is C11H25NO3. The highest BCUT2D eigenvalue weighted by atomic mass is 16.5. The molecule has 0 saturated heterocycles. The predicted molar refractivity (Wildman–Crippen MR) is 61.6 cm³/mol. The van der Waals surface area contributed by atoms with Crippen molar-refractivity contribution < 1.29 is 15.0 Å². The molecule has 4 nitrogen and oxygen atoms in total. The number of unbranched alkanes of at least 4 members (excludes halogenated alkanes) is 5. The van der Waals surface area contributed by atoms with Gasteiger partial charge in [0.25, 0.3) is 0 Å². The van der Waals surface area contributed by atoms with Gasteiger partial charge in [-0.3, -0.25) is 4.79 Å². The Morgan fingerprint density at radius 3 is 2.13 bits per heavy atom. The molecule has 4 N–H and O–H groups in total. The lowest BCUT2D eigenvalue weighted by Gasteiger charge is -2.01. The molecule has 0 heterocycles. The second-order valence-electron chi connectivity index (χ2n) is 3.47. The lowest BCUT2D eigenvalue weighted by molar-refractivity contribution is -0.143. The minimum absolute atomic E-state index is 0. The molecule has 0 unspecified atom stereocenters. The zero-order chi connectivity index (χ0) is 10.6. The summed E-state index contributed by atoms with van der Waals surface area (Å²) in [5.74, 6) is -0.0607. The van der Waals surface area contributed by atoms with Crippen molar-refractivity contribution in [3.05, 3.63) is 0 Å². The summed E-state index contributed by atoms with van der Waals surface area (Å²) in [5.41, 5.74) is 5.38. The Hall–Kier alpha value is -0.610. The Bertz CT molecular complexity index is 140. The molecule has 0 aliphatic heterocycles. The predicted octanol–water partition coefficient (Wildman–Crippen LogP) is 1.41. The molecule has 92 valence electrons. The molecule has 0 spiro atoms. The number of esters is 1. The standard InChI is InChI=1S/C11H23NO2.H2O/c1-2-14-11(13)9-7-5-3-4-6-8-10-12;/h2-10,12H2,1H3;1H2. The topological polar surface area (TPSA) is 83.8 Å². The zero-order valence-electron chi connectivity index (χ0n) is 9.76. The van der Waals surface area contributed by atoms with Crippen molar-refractivity contribution in [3.63, 3.8) is 0 Å². The fourth-order valence-corrected chi connectivity index (χ4v) is 1.35. The molecule has 0 aliphatic rings. The first-order chi connectivity index (χ1) is 6.81. The molecule has 0 aromatic heterocycles. The van der Waals surface area contributed by atoms with Crippen molar-refractivity contribution in [2.75, 3.05) is 13.2 Å². The first kappa shape index (κ1) is 16.8. The van der Waals surface area contributed by atoms with E-state index in [4.69, 9.17) is 10.5 Å². The normalized spacial score (nSPS) is 9.47. The van der Waals surface area contributed by atoms with E-state index >= 15 is 0 Å². The number of hydrogen-bond acceptors (Lipinski definition) is 3. The largest absolute Gasteiger partial charge is 0.466 e. The second kappa shape index (κ2) is 13.4. The highest BCUT2D eigenvalue weighted by Gasteiger charge is 2.00. The minimum atomic E-state index is -0.0607. The van der Waals surface area contributed by atoms with Crippen LogP contribution in [0.25, 0.3) is 0 Å². The first-order valence-electron chi connectivity index (χ1n) is 5.67. The lowest BCUT2D eigenvalue weighted by atomic mass is 10.1. The van der Waals surface area contributed by atoms with Gasteiger partial charge in [0.1, 0.15) is 0 Å². The fourth-order valence-electron chi connectivity index (χ4n) is 1.35. The van der Waals surface area contributed by atoms with Gasteiger partial charge in [0, 0.05) is 6.42 Å². The smallest absolute Gasteiger partial charge is 0.305 e. The number of nitrogens with two attached hydrogens (primary N) is 1. The summed E-state index contributed by atoms with van der Waals surface area (Å²) < 4.78 is 4.83. The minimum Gasteiger partial charge on any atom is -0.466 e. The summed E-state index contributed by atoms with van der Waals surface area (Å²) in [4.78, 5) is 10.9. The van der Waals surface area contributed by atoms with Crippen LogP contribution in [-0.4, -0.2) is 24.6 Å². The third kappa shape index (κ3) is 13.4. The number of rotatable bonds is 9. The van der Waals surface area contributed by atoms with Crippen LogP contribution in [0.5, 0.6) is 0 Å². The fraction of sp³-hybridized carbons (Fsp3) is 0.909. The molecule has 0 bridgehead atoms. The van der Waals surface area contributed by atoms with Crippen molar-refractivity contribution in [2.24, 2.45) is 5.73 Å². The molecule has 0 fully saturated rings. The van der Waals surface area contributed by atoms with Gasteiger partial charge >= 0.3 is 5.97 Å². The van der Waals surface area contributed by atoms with E-state index in [1.807, 2.05) is 6.92 Å². The van der Waals surface area contributed by atoms with Gasteiger partial charge in [-0.1, -0.05) is 25.7 Å². The van der Waals surface area contributed by atoms with Crippen LogP contribution in [0.4, 0.5) is 0 Å². The third-order valence-corrected chi connectivity index (χ3v) is 2.14. The van der Waals surface area contributed by atoms with Crippen LogP contribution in [0.3, 0.4) is 0 Å². The lowest BCUT2D eigenvalue weighted by Crippen LogP contribution is -2.03. The van der Waals surface area contributed by atoms with Gasteiger partial charge in [-0.25, -0.2) is 0 Å². The molecule has 0 atom stereocenters. The number of carbonyl (C=O) groups is 1. The van der Waals surface area contributed by atoms with E-state index in [-0.39, 0.29) is 11.4 Å². The second-order valence-corrected chi connectivity index (χ2v) is 3.47. The van der Waals surface area contributed by atoms with E-state index in [1.54, 1.807) is 0 Å². The van der Waals surface area contributed by atoms with Crippen molar-refractivity contribution in [2.45, 2.75) is 51.9 Å². The Labute approximate surface area is 92.5 Å². The molecule has 0 rings (SSSR count). The maximum Gasteiger partial charge on any atom is 0.305 e. The maximum atomic E-state index is 10.9. The average Bonchev–Trinajstić information content (AvgIpc) is 2.17. The van der Waals surface area contributed by atoms with Crippen LogP contribution < -0.4 is 5.73 Å². The Balaban J connectivity index is 0. The Morgan fingerprint density at radius 2 is 1.60 bits per heavy atom. The van der Waals surface area contributed by atoms with Gasteiger partial charge in [0.15, 0.2) is 0 Å². The molecular weight excluding hydrogens is 194 g/mol. The molecule has 15 heavy (non-hydrogen) atoms. The van der Waals surface area contributed by atoms with Gasteiger partial charge in [-0.05, 0) is 26.3 Å². The summed E-state index contributed by atoms with van der Waals surface area (Å²) in [7, 11) is 0. The van der Waals surface area contributed by atoms with Gasteiger partial charge < -0.3 is 15.9 Å². The van der Waals surface area contributed by atoms with Crippen LogP contribution in [0.1, 0.15) is 51.9 Å². The van der Waals surface area contributed by atoms with Gasteiger partial charge in [0.05, 0.1) is 6.61 Å². The van der Waals surface area contributed by atoms with Crippen molar-refractivity contribution in [3.8, 4) is 0 Å². The molecule has 0 aromatic rings. The Kier molecular flexibility index (Phi) is 15.0. The SMILES string of the molecule is CCOC(=O)CCCCCCCCN.O. The molecule has 0 radical (unpaired) electrons. The van der Waals surface area contributed by atoms with E-state index in [9.17, 15) is 4.79 Å². The number of hydrogen-bond donors (Lipinski definition) is 1. The summed E-state index contributed by atoms with van der Waals surface area (Å²) in [5, 5.41) is 0. The van der Waals surface area contributed by atoms with E-state index in [0.29, 0.717) is 13.0 Å². The zero-order valence-corrected chi connectivity index (χ0v) is 9.76. The van der Waals surface area contributed by atoms with E-state index < -0.39 is 0 Å². The highest BCUT2D eigenvalue weighted by Crippen LogP contribution is 2.07. The van der Waals surface area contributed by atoms with Crippen LogP contribution in [0.15, 0.2) is 0 Å². The monoisotopic (exact) mass is 219 g/mol. The molecule has 0 aromatic carbocycles. The van der Waals surface area contributed by atoms with Gasteiger partial charge in [-0.2, -0.15) is 0 Å². The van der Waals surface area contributed by atoms with E-state index in [2.05, 4.69) is 0 Å². The van der Waals surface area contributed by atoms with E-state index in [1.165, 1.54) is 19.3 Å². The molecule has 0 amide bonds. The summed E-state index contributed by atoms with van der Waals surface area (Å²) in [6.07, 6.45) is 7.45. The number of ether oxygens (including phenoxy) is 1. The van der Waals surface area contributed by atoms with Gasteiger partial charge in [0.2, 0.25) is 0 Å². The molecule has 4 heteroatoms. The average molecular weight is 219 g/mol. The first-order valence-corrected chi connectivity index (χ1v) is 5.67. The maximum absolute atomic E-state index is 10.9. The highest BCUT2D eigenvalue weighted by molar-refractivity contribution is 5.69. The van der Waals surface area contributed by atoms with E-state index in [0.717, 1.165) is 25.8 Å². The summed E-state index contributed by atoms with van der Waals surface area (Å²) in [6.45, 7) is 3.13. The van der Waals surface area contributed by atoms with Crippen molar-refractivity contribution in [1.29, 1.82) is 0 Å². The third-order valence-electron chi connectivity index (χ3n) is 2.14. The number of carbonyl (C=O) groups excluding carboxylic acids is 1. The Morgan fingerprint density at radius 1 is 1.07 bits per heavy atom. The summed E-state index contributed by atoms with van der Waals surface area (Å²) in [6, 6.07) is 0. The van der Waals surface area contributed by atoms with Crippen LogP contribution in [0.2, 0.25) is 0 Å². The van der Waals surface area contributed by atoms with Crippen LogP contribution >= 0.6 is 0 Å². The van der Waals surface area contributed by atoms with Crippen molar-refractivity contribution >= 4 is 5.97 Å². The quantitative estimate of drug-likeness (QED) is 0.470. The van der Waals surface area contributed by atoms with Gasteiger partial charge in [-0.15, -0.1) is 0 Å². The van der Waals surface area contributed by atoms with Crippen LogP contribution in [0, 0.1) is 0 Å². The van der Waals surface area contributed by atoms with Crippen LogP contribution in [-0.2, 0) is 9.53 Å². The molecule has 0 saturated carbocycles. The summed E-state index contributed by atoms with van der Waals surface area (Å²) >= 11 is 0. The molecule has 0 aliphatic carbocycles. The van der Waals surface area contributed by atoms with Crippen molar-refractivity contribution in [1.82, 2.24) is 0 Å².